The van der Waals surface area contributed by atoms with E-state index in [1.54, 1.807) is 6.20 Å². The number of nitrogens with zero attached hydrogens (tertiary/aromatic N) is 2. The van der Waals surface area contributed by atoms with Crippen LogP contribution < -0.4 is 0 Å². The van der Waals surface area contributed by atoms with E-state index in [1.165, 1.54) is 0 Å². The summed E-state index contributed by atoms with van der Waals surface area (Å²) < 4.78 is 0. The number of aromatic nitrogens is 2. The van der Waals surface area contributed by atoms with Crippen molar-refractivity contribution in [2.75, 3.05) is 0 Å². The van der Waals surface area contributed by atoms with Crippen molar-refractivity contribution in [2.45, 2.75) is 6.92 Å². The van der Waals surface area contributed by atoms with Gasteiger partial charge in [-0.05, 0) is 24.6 Å². The van der Waals surface area contributed by atoms with Crippen molar-refractivity contribution in [1.82, 2.24) is 9.97 Å². The van der Waals surface area contributed by atoms with Gasteiger partial charge in [-0.2, -0.15) is 0 Å². The van der Waals surface area contributed by atoms with Crippen molar-refractivity contribution < 1.29 is 0 Å². The van der Waals surface area contributed by atoms with Gasteiger partial charge >= 0.3 is 0 Å². The van der Waals surface area contributed by atoms with Crippen LogP contribution in [-0.2, 0) is 0 Å². The zero-order valence-corrected chi connectivity index (χ0v) is 10.6. The molecule has 0 aliphatic carbocycles. The third-order valence-corrected chi connectivity index (χ3v) is 3.30. The predicted molar refractivity (Wildman–Crippen MR) is 74.7 cm³/mol. The van der Waals surface area contributed by atoms with Gasteiger partial charge in [0.15, 0.2) is 0 Å². The summed E-state index contributed by atoms with van der Waals surface area (Å²) in [6, 6.07) is 13.8. The molecular weight excluding hydrogens is 244 g/mol. The number of halogens is 1. The van der Waals surface area contributed by atoms with Crippen LogP contribution >= 0.6 is 11.6 Å². The molecule has 0 N–H and O–H groups in total. The number of fused-ring (bicyclic) bond motifs is 1. The predicted octanol–water partition coefficient (Wildman–Crippen LogP) is 4.26. The van der Waals surface area contributed by atoms with Crippen LogP contribution in [0.1, 0.15) is 5.56 Å². The number of rotatable bonds is 1. The van der Waals surface area contributed by atoms with Crippen molar-refractivity contribution in [3.8, 4) is 11.3 Å². The molecule has 0 saturated heterocycles. The first kappa shape index (κ1) is 11.2. The molecule has 0 aliphatic rings. The molecule has 3 rings (SSSR count). The first-order valence-electron chi connectivity index (χ1n) is 5.72. The van der Waals surface area contributed by atoms with Crippen molar-refractivity contribution in [3.63, 3.8) is 0 Å². The van der Waals surface area contributed by atoms with Crippen LogP contribution in [0.3, 0.4) is 0 Å². The molecule has 0 unspecified atom stereocenters. The Bertz CT molecular complexity index is 708. The highest BCUT2D eigenvalue weighted by molar-refractivity contribution is 6.32. The fraction of sp³-hybridized carbons (Fsp3) is 0.0667. The zero-order chi connectivity index (χ0) is 12.5. The molecule has 2 aromatic carbocycles. The quantitative estimate of drug-likeness (QED) is 0.648. The standard InChI is InChI=1S/C15H11ClN2/c1-10-7-13-14(8-12(10)16)18-15(9-17-13)11-5-3-2-4-6-11/h2-9H,1H3. The Hall–Kier alpha value is -1.93. The molecule has 88 valence electrons. The molecule has 18 heavy (non-hydrogen) atoms. The van der Waals surface area contributed by atoms with Crippen LogP contribution in [0.5, 0.6) is 0 Å². The van der Waals surface area contributed by atoms with Crippen molar-refractivity contribution >= 4 is 22.6 Å². The summed E-state index contributed by atoms with van der Waals surface area (Å²) >= 11 is 6.12. The molecule has 0 spiro atoms. The van der Waals surface area contributed by atoms with Crippen LogP contribution in [0, 0.1) is 6.92 Å². The maximum atomic E-state index is 6.12. The van der Waals surface area contributed by atoms with Gasteiger partial charge < -0.3 is 0 Å². The van der Waals surface area contributed by atoms with Gasteiger partial charge in [-0.3, -0.25) is 4.98 Å². The second-order valence-electron chi connectivity index (χ2n) is 4.21. The Balaban J connectivity index is 2.20. The molecular formula is C15H11ClN2. The topological polar surface area (TPSA) is 25.8 Å². The molecule has 0 amide bonds. The number of hydrogen-bond donors (Lipinski definition) is 0. The van der Waals surface area contributed by atoms with E-state index in [1.807, 2.05) is 49.4 Å². The average molecular weight is 255 g/mol. The van der Waals surface area contributed by atoms with Crippen LogP contribution in [-0.4, -0.2) is 9.97 Å². The average Bonchev–Trinajstić information content (AvgIpc) is 2.41. The molecule has 0 atom stereocenters. The minimum absolute atomic E-state index is 0.724. The molecule has 0 fully saturated rings. The van der Waals surface area contributed by atoms with E-state index in [-0.39, 0.29) is 0 Å². The molecule has 0 saturated carbocycles. The van der Waals surface area contributed by atoms with E-state index >= 15 is 0 Å². The normalized spacial score (nSPS) is 10.8. The van der Waals surface area contributed by atoms with Gasteiger partial charge in [-0.15, -0.1) is 0 Å². The highest BCUT2D eigenvalue weighted by Crippen LogP contribution is 2.23. The third-order valence-electron chi connectivity index (χ3n) is 2.89. The first-order chi connectivity index (χ1) is 8.74. The van der Waals surface area contributed by atoms with E-state index in [0.717, 1.165) is 32.9 Å². The molecule has 0 aliphatic heterocycles. The first-order valence-corrected chi connectivity index (χ1v) is 6.10. The van der Waals surface area contributed by atoms with Crippen LogP contribution in [0.2, 0.25) is 5.02 Å². The van der Waals surface area contributed by atoms with E-state index in [2.05, 4.69) is 9.97 Å². The van der Waals surface area contributed by atoms with Crippen LogP contribution in [0.15, 0.2) is 48.7 Å². The largest absolute Gasteiger partial charge is 0.252 e. The maximum absolute atomic E-state index is 6.12. The number of hydrogen-bond acceptors (Lipinski definition) is 2. The SMILES string of the molecule is Cc1cc2ncc(-c3ccccc3)nc2cc1Cl. The molecule has 1 aromatic heterocycles. The molecule has 0 bridgehead atoms. The summed E-state index contributed by atoms with van der Waals surface area (Å²) in [5.41, 5.74) is 4.64. The Morgan fingerprint density at radius 3 is 2.56 bits per heavy atom. The summed E-state index contributed by atoms with van der Waals surface area (Å²) in [5.74, 6) is 0. The summed E-state index contributed by atoms with van der Waals surface area (Å²) in [7, 11) is 0. The van der Waals surface area contributed by atoms with Crippen LogP contribution in [0.4, 0.5) is 0 Å². The Morgan fingerprint density at radius 2 is 1.78 bits per heavy atom. The minimum atomic E-state index is 0.724. The van der Waals surface area contributed by atoms with Gasteiger partial charge in [0.05, 0.1) is 22.9 Å². The van der Waals surface area contributed by atoms with Crippen molar-refractivity contribution in [3.05, 3.63) is 59.2 Å². The minimum Gasteiger partial charge on any atom is -0.252 e. The Morgan fingerprint density at radius 1 is 1.00 bits per heavy atom. The zero-order valence-electron chi connectivity index (χ0n) is 9.89. The Labute approximate surface area is 110 Å². The monoisotopic (exact) mass is 254 g/mol. The highest BCUT2D eigenvalue weighted by Gasteiger charge is 2.04. The van der Waals surface area contributed by atoms with Gasteiger partial charge in [-0.1, -0.05) is 41.9 Å². The smallest absolute Gasteiger partial charge is 0.0909 e. The summed E-state index contributed by atoms with van der Waals surface area (Å²) in [6.45, 7) is 1.97. The highest BCUT2D eigenvalue weighted by atomic mass is 35.5. The van der Waals surface area contributed by atoms with Gasteiger partial charge in [0.1, 0.15) is 0 Å². The van der Waals surface area contributed by atoms with E-state index < -0.39 is 0 Å². The Kier molecular flexibility index (Phi) is 2.73. The lowest BCUT2D eigenvalue weighted by molar-refractivity contribution is 1.28. The van der Waals surface area contributed by atoms with E-state index in [9.17, 15) is 0 Å². The van der Waals surface area contributed by atoms with E-state index in [0.29, 0.717) is 0 Å². The third kappa shape index (κ3) is 1.95. The van der Waals surface area contributed by atoms with Crippen molar-refractivity contribution in [1.29, 1.82) is 0 Å². The molecule has 2 nitrogen and oxygen atoms in total. The second-order valence-corrected chi connectivity index (χ2v) is 4.62. The molecule has 3 aromatic rings. The van der Waals surface area contributed by atoms with Gasteiger partial charge in [0, 0.05) is 10.6 Å². The summed E-state index contributed by atoms with van der Waals surface area (Å²) in [4.78, 5) is 9.04. The van der Waals surface area contributed by atoms with Gasteiger partial charge in [-0.25, -0.2) is 4.98 Å². The summed E-state index contributed by atoms with van der Waals surface area (Å²) in [6.07, 6.45) is 1.80. The van der Waals surface area contributed by atoms with Gasteiger partial charge in [0.25, 0.3) is 0 Å². The lowest BCUT2D eigenvalue weighted by Gasteiger charge is -2.04. The second kappa shape index (κ2) is 4.39. The number of benzene rings is 2. The fourth-order valence-corrected chi connectivity index (χ4v) is 2.04. The molecule has 3 heteroatoms. The van der Waals surface area contributed by atoms with E-state index in [4.69, 9.17) is 11.6 Å². The van der Waals surface area contributed by atoms with Gasteiger partial charge in [0.2, 0.25) is 0 Å². The van der Waals surface area contributed by atoms with Crippen molar-refractivity contribution in [2.24, 2.45) is 0 Å². The summed E-state index contributed by atoms with van der Waals surface area (Å²) in [5, 5.41) is 0.724. The maximum Gasteiger partial charge on any atom is 0.0909 e. The fourth-order valence-electron chi connectivity index (χ4n) is 1.89. The number of aryl methyl sites for hydroxylation is 1. The van der Waals surface area contributed by atoms with Crippen LogP contribution in [0.25, 0.3) is 22.3 Å². The lowest BCUT2D eigenvalue weighted by Crippen LogP contribution is -1.89. The lowest BCUT2D eigenvalue weighted by atomic mass is 10.1. The molecule has 1 heterocycles. The molecule has 0 radical (unpaired) electrons.